The standard InChI is InChI=1S/C11H17N5O4/c1-7(8-15-12-6-16(8)2)13-10(19)14-11(9(17)18)3-4-20-5-11/h6-7H,3-5H2,1-2H3,(H,17,18)(H2,13,14,19). The largest absolute Gasteiger partial charge is 0.479 e. The average Bonchev–Trinajstić information content (AvgIpc) is 2.98. The number of ether oxygens (including phenoxy) is 1. The fourth-order valence-electron chi connectivity index (χ4n) is 2.08. The van der Waals surface area contributed by atoms with Gasteiger partial charge in [0.1, 0.15) is 6.33 Å². The minimum atomic E-state index is -1.36. The molecule has 2 atom stereocenters. The van der Waals surface area contributed by atoms with Crippen molar-refractivity contribution in [1.29, 1.82) is 0 Å². The summed E-state index contributed by atoms with van der Waals surface area (Å²) in [6.45, 7) is 2.02. The Morgan fingerprint density at radius 1 is 1.60 bits per heavy atom. The van der Waals surface area contributed by atoms with Crippen LogP contribution in [0.4, 0.5) is 4.79 Å². The van der Waals surface area contributed by atoms with Crippen LogP contribution in [0.2, 0.25) is 0 Å². The van der Waals surface area contributed by atoms with Gasteiger partial charge in [-0.1, -0.05) is 0 Å². The molecule has 2 heterocycles. The first-order valence-electron chi connectivity index (χ1n) is 6.18. The van der Waals surface area contributed by atoms with Gasteiger partial charge in [0.2, 0.25) is 0 Å². The maximum atomic E-state index is 11.9. The van der Waals surface area contributed by atoms with Gasteiger partial charge in [-0.25, -0.2) is 9.59 Å². The number of carbonyl (C=O) groups is 2. The second-order valence-electron chi connectivity index (χ2n) is 4.81. The fourth-order valence-corrected chi connectivity index (χ4v) is 2.08. The van der Waals surface area contributed by atoms with Crippen LogP contribution in [0, 0.1) is 0 Å². The van der Waals surface area contributed by atoms with Crippen LogP contribution in [-0.4, -0.2) is 50.6 Å². The van der Waals surface area contributed by atoms with E-state index in [1.807, 2.05) is 0 Å². The SMILES string of the molecule is CC(NC(=O)NC1(C(=O)O)CCOC1)c1nncn1C. The molecule has 1 aromatic rings. The number of carbonyl (C=O) groups excluding carboxylic acids is 1. The Morgan fingerprint density at radius 3 is 2.85 bits per heavy atom. The quantitative estimate of drug-likeness (QED) is 0.680. The molecule has 0 bridgehead atoms. The second-order valence-corrected chi connectivity index (χ2v) is 4.81. The Kier molecular flexibility index (Phi) is 3.89. The molecule has 1 fully saturated rings. The van der Waals surface area contributed by atoms with E-state index in [4.69, 9.17) is 4.74 Å². The summed E-state index contributed by atoms with van der Waals surface area (Å²) in [5.41, 5.74) is -1.36. The first kappa shape index (κ1) is 14.3. The monoisotopic (exact) mass is 283 g/mol. The first-order chi connectivity index (χ1) is 9.44. The van der Waals surface area contributed by atoms with Crippen LogP contribution < -0.4 is 10.6 Å². The van der Waals surface area contributed by atoms with Gasteiger partial charge < -0.3 is 25.0 Å². The van der Waals surface area contributed by atoms with Crippen molar-refractivity contribution >= 4 is 12.0 Å². The molecule has 0 aliphatic carbocycles. The van der Waals surface area contributed by atoms with Crippen LogP contribution in [0.15, 0.2) is 6.33 Å². The van der Waals surface area contributed by atoms with Gasteiger partial charge in [0.15, 0.2) is 11.4 Å². The van der Waals surface area contributed by atoms with Gasteiger partial charge in [0.25, 0.3) is 0 Å². The van der Waals surface area contributed by atoms with Crippen molar-refractivity contribution in [1.82, 2.24) is 25.4 Å². The molecule has 1 aromatic heterocycles. The minimum absolute atomic E-state index is 0.0336. The maximum Gasteiger partial charge on any atom is 0.332 e. The highest BCUT2D eigenvalue weighted by Crippen LogP contribution is 2.19. The Hall–Kier alpha value is -2.16. The number of aliphatic carboxylic acids is 1. The Labute approximate surface area is 115 Å². The summed E-state index contributed by atoms with van der Waals surface area (Å²) in [5.74, 6) is -0.524. The van der Waals surface area contributed by atoms with Crippen LogP contribution >= 0.6 is 0 Å². The summed E-state index contributed by atoms with van der Waals surface area (Å²) >= 11 is 0. The molecule has 1 aliphatic heterocycles. The minimum Gasteiger partial charge on any atom is -0.479 e. The molecular weight excluding hydrogens is 266 g/mol. The molecule has 1 saturated heterocycles. The van der Waals surface area contributed by atoms with Crippen molar-refractivity contribution in [3.05, 3.63) is 12.2 Å². The fraction of sp³-hybridized carbons (Fsp3) is 0.636. The number of aromatic nitrogens is 3. The van der Waals surface area contributed by atoms with Crippen LogP contribution in [0.1, 0.15) is 25.2 Å². The Bertz CT molecular complexity index is 509. The highest BCUT2D eigenvalue weighted by atomic mass is 16.5. The van der Waals surface area contributed by atoms with Gasteiger partial charge in [-0.05, 0) is 6.92 Å². The predicted molar refractivity (Wildman–Crippen MR) is 66.9 cm³/mol. The molecule has 1 aliphatic rings. The zero-order valence-corrected chi connectivity index (χ0v) is 11.3. The Morgan fingerprint density at radius 2 is 2.35 bits per heavy atom. The zero-order chi connectivity index (χ0) is 14.8. The van der Waals surface area contributed by atoms with Crippen molar-refractivity contribution < 1.29 is 19.4 Å². The van der Waals surface area contributed by atoms with Gasteiger partial charge in [-0.15, -0.1) is 10.2 Å². The summed E-state index contributed by atoms with van der Waals surface area (Å²) < 4.78 is 6.75. The highest BCUT2D eigenvalue weighted by molar-refractivity contribution is 5.86. The third kappa shape index (κ3) is 2.72. The molecule has 0 radical (unpaired) electrons. The molecule has 0 spiro atoms. The molecular formula is C11H17N5O4. The molecule has 20 heavy (non-hydrogen) atoms. The summed E-state index contributed by atoms with van der Waals surface area (Å²) in [4.78, 5) is 23.2. The zero-order valence-electron chi connectivity index (χ0n) is 11.3. The van der Waals surface area contributed by atoms with E-state index in [0.29, 0.717) is 12.4 Å². The first-order valence-corrected chi connectivity index (χ1v) is 6.18. The number of nitrogens with one attached hydrogen (secondary N) is 2. The topological polar surface area (TPSA) is 118 Å². The number of urea groups is 1. The van der Waals surface area contributed by atoms with Crippen LogP contribution in [0.25, 0.3) is 0 Å². The lowest BCUT2D eigenvalue weighted by molar-refractivity contribution is -0.144. The number of rotatable bonds is 4. The van der Waals surface area contributed by atoms with E-state index < -0.39 is 23.6 Å². The number of hydrogen-bond acceptors (Lipinski definition) is 5. The Balaban J connectivity index is 1.98. The van der Waals surface area contributed by atoms with E-state index in [-0.39, 0.29) is 13.0 Å². The summed E-state index contributed by atoms with van der Waals surface area (Å²) in [6.07, 6.45) is 1.77. The number of hydrogen-bond donors (Lipinski definition) is 3. The van der Waals surface area contributed by atoms with Crippen molar-refractivity contribution in [2.45, 2.75) is 24.9 Å². The van der Waals surface area contributed by atoms with Crippen LogP contribution in [0.3, 0.4) is 0 Å². The second kappa shape index (κ2) is 5.45. The smallest absolute Gasteiger partial charge is 0.332 e. The van der Waals surface area contributed by atoms with E-state index >= 15 is 0 Å². The lowest BCUT2D eigenvalue weighted by Gasteiger charge is -2.25. The molecule has 2 amide bonds. The van der Waals surface area contributed by atoms with Gasteiger partial charge in [0.05, 0.1) is 12.6 Å². The van der Waals surface area contributed by atoms with Crippen molar-refractivity contribution in [2.24, 2.45) is 7.05 Å². The van der Waals surface area contributed by atoms with Crippen molar-refractivity contribution in [3.63, 3.8) is 0 Å². The molecule has 2 unspecified atom stereocenters. The summed E-state index contributed by atoms with van der Waals surface area (Å²) in [5, 5.41) is 21.9. The highest BCUT2D eigenvalue weighted by Gasteiger charge is 2.44. The molecule has 9 heteroatoms. The summed E-state index contributed by atoms with van der Waals surface area (Å²) in [6, 6.07) is -0.968. The normalized spacial score (nSPS) is 23.3. The van der Waals surface area contributed by atoms with E-state index in [1.54, 1.807) is 18.5 Å². The van der Waals surface area contributed by atoms with Crippen molar-refractivity contribution in [3.8, 4) is 0 Å². The number of carboxylic acid groups (broad SMARTS) is 1. The number of amides is 2. The third-order valence-corrected chi connectivity index (χ3v) is 3.27. The van der Waals surface area contributed by atoms with Gasteiger partial charge in [-0.2, -0.15) is 0 Å². The van der Waals surface area contributed by atoms with Gasteiger partial charge in [0, 0.05) is 20.1 Å². The van der Waals surface area contributed by atoms with E-state index in [2.05, 4.69) is 20.8 Å². The molecule has 110 valence electrons. The lowest BCUT2D eigenvalue weighted by atomic mass is 9.99. The third-order valence-electron chi connectivity index (χ3n) is 3.27. The van der Waals surface area contributed by atoms with Crippen molar-refractivity contribution in [2.75, 3.05) is 13.2 Å². The predicted octanol–water partition coefficient (Wildman–Crippen LogP) is -0.581. The molecule has 0 saturated carbocycles. The lowest BCUT2D eigenvalue weighted by Crippen LogP contribution is -2.58. The molecule has 0 aromatic carbocycles. The maximum absolute atomic E-state index is 11.9. The average molecular weight is 283 g/mol. The van der Waals surface area contributed by atoms with Gasteiger partial charge in [-0.3, -0.25) is 0 Å². The number of carboxylic acids is 1. The van der Waals surface area contributed by atoms with E-state index in [0.717, 1.165) is 0 Å². The summed E-state index contributed by atoms with van der Waals surface area (Å²) in [7, 11) is 1.76. The molecule has 2 rings (SSSR count). The van der Waals surface area contributed by atoms with E-state index in [9.17, 15) is 14.7 Å². The van der Waals surface area contributed by atoms with Crippen LogP contribution in [-0.2, 0) is 16.6 Å². The molecule has 9 nitrogen and oxygen atoms in total. The number of nitrogens with zero attached hydrogens (tertiary/aromatic N) is 3. The van der Waals surface area contributed by atoms with Crippen LogP contribution in [0.5, 0.6) is 0 Å². The van der Waals surface area contributed by atoms with Gasteiger partial charge >= 0.3 is 12.0 Å². The number of aryl methyl sites for hydroxylation is 1. The molecule has 3 N–H and O–H groups in total. The van der Waals surface area contributed by atoms with E-state index in [1.165, 1.54) is 6.33 Å².